The highest BCUT2D eigenvalue weighted by Crippen LogP contribution is 2.24. The Hall–Kier alpha value is -2.23. The summed E-state index contributed by atoms with van der Waals surface area (Å²) in [6.07, 6.45) is 0. The molecule has 0 bridgehead atoms. The summed E-state index contributed by atoms with van der Waals surface area (Å²) in [5, 5.41) is 8.92. The van der Waals surface area contributed by atoms with Crippen LogP contribution >= 0.6 is 0 Å². The second kappa shape index (κ2) is 4.96. The monoisotopic (exact) mass is 245 g/mol. The van der Waals surface area contributed by atoms with Crippen LogP contribution in [0.3, 0.4) is 0 Å². The maximum absolute atomic E-state index is 10.9. The largest absolute Gasteiger partial charge is 0.497 e. The number of methoxy groups -OCH3 is 1. The number of hydrogen-bond acceptors (Lipinski definition) is 2. The highest BCUT2D eigenvalue weighted by atomic mass is 16.5. The third kappa shape index (κ3) is 2.37. The van der Waals surface area contributed by atoms with Gasteiger partial charge >= 0.3 is 5.97 Å². The number of hydrogen-bond donors (Lipinski definition) is 1. The first-order chi connectivity index (χ1) is 8.61. The fourth-order valence-corrected chi connectivity index (χ4v) is 1.93. The summed E-state index contributed by atoms with van der Waals surface area (Å²) in [7, 11) is 1.62. The molecule has 94 valence electrons. The topological polar surface area (TPSA) is 51.5 Å². The number of aliphatic carboxylic acids is 1. The molecular formula is C14H15NO3. The molecule has 4 nitrogen and oxygen atoms in total. The first-order valence-electron chi connectivity index (χ1n) is 5.64. The minimum absolute atomic E-state index is 0.0276. The van der Waals surface area contributed by atoms with Crippen LogP contribution in [0.4, 0.5) is 0 Å². The van der Waals surface area contributed by atoms with Crippen molar-refractivity contribution in [1.29, 1.82) is 0 Å². The van der Waals surface area contributed by atoms with Gasteiger partial charge in [-0.25, -0.2) is 0 Å². The number of nitrogens with zero attached hydrogens (tertiary/aromatic N) is 1. The molecule has 0 saturated heterocycles. The van der Waals surface area contributed by atoms with Crippen molar-refractivity contribution in [1.82, 2.24) is 4.57 Å². The normalized spacial score (nSPS) is 10.3. The van der Waals surface area contributed by atoms with Gasteiger partial charge in [-0.05, 0) is 48.9 Å². The van der Waals surface area contributed by atoms with Crippen molar-refractivity contribution >= 4 is 5.97 Å². The number of carboxylic acid groups (broad SMARTS) is 1. The number of aryl methyl sites for hydroxylation is 1. The molecule has 1 aromatic heterocycles. The Morgan fingerprint density at radius 1 is 1.22 bits per heavy atom. The molecule has 0 radical (unpaired) electrons. The van der Waals surface area contributed by atoms with E-state index in [2.05, 4.69) is 0 Å². The lowest BCUT2D eigenvalue weighted by Gasteiger charge is -2.09. The molecule has 0 amide bonds. The van der Waals surface area contributed by atoms with Crippen LogP contribution in [0, 0.1) is 6.92 Å². The van der Waals surface area contributed by atoms with Crippen LogP contribution in [0.25, 0.3) is 11.3 Å². The molecule has 0 spiro atoms. The summed E-state index contributed by atoms with van der Waals surface area (Å²) in [4.78, 5) is 10.9. The lowest BCUT2D eigenvalue weighted by molar-refractivity contribution is -0.137. The van der Waals surface area contributed by atoms with E-state index < -0.39 is 5.97 Å². The van der Waals surface area contributed by atoms with E-state index in [9.17, 15) is 4.79 Å². The third-order valence-corrected chi connectivity index (χ3v) is 2.88. The van der Waals surface area contributed by atoms with Gasteiger partial charge in [-0.15, -0.1) is 0 Å². The van der Waals surface area contributed by atoms with E-state index in [1.165, 1.54) is 0 Å². The zero-order valence-corrected chi connectivity index (χ0v) is 10.4. The van der Waals surface area contributed by atoms with E-state index in [4.69, 9.17) is 9.84 Å². The summed E-state index contributed by atoms with van der Waals surface area (Å²) < 4.78 is 6.89. The van der Waals surface area contributed by atoms with Crippen molar-refractivity contribution in [2.24, 2.45) is 0 Å². The van der Waals surface area contributed by atoms with Crippen LogP contribution in [0.15, 0.2) is 36.4 Å². The van der Waals surface area contributed by atoms with E-state index in [1.807, 2.05) is 43.3 Å². The van der Waals surface area contributed by atoms with Crippen LogP contribution in [-0.2, 0) is 11.3 Å². The van der Waals surface area contributed by atoms with Crippen molar-refractivity contribution in [3.63, 3.8) is 0 Å². The molecule has 0 fully saturated rings. The van der Waals surface area contributed by atoms with Crippen LogP contribution in [0.5, 0.6) is 5.75 Å². The molecule has 0 unspecified atom stereocenters. The maximum Gasteiger partial charge on any atom is 0.323 e. The molecule has 18 heavy (non-hydrogen) atoms. The SMILES string of the molecule is COc1ccc(-c2ccc(C)n2CC(=O)O)cc1. The summed E-state index contributed by atoms with van der Waals surface area (Å²) in [5.41, 5.74) is 2.81. The van der Waals surface area contributed by atoms with E-state index in [0.29, 0.717) is 0 Å². The molecule has 1 aromatic carbocycles. The van der Waals surface area contributed by atoms with Gasteiger partial charge in [0.25, 0.3) is 0 Å². The highest BCUT2D eigenvalue weighted by molar-refractivity contribution is 5.70. The van der Waals surface area contributed by atoms with E-state index in [0.717, 1.165) is 22.7 Å². The second-order valence-electron chi connectivity index (χ2n) is 4.07. The van der Waals surface area contributed by atoms with Gasteiger partial charge in [0.2, 0.25) is 0 Å². The summed E-state index contributed by atoms with van der Waals surface area (Å²) in [5.74, 6) is -0.0594. The average molecular weight is 245 g/mol. The summed E-state index contributed by atoms with van der Waals surface area (Å²) in [6.45, 7) is 1.87. The third-order valence-electron chi connectivity index (χ3n) is 2.88. The lowest BCUT2D eigenvalue weighted by Crippen LogP contribution is -2.11. The Morgan fingerprint density at radius 3 is 2.44 bits per heavy atom. The predicted octanol–water partition coefficient (Wildman–Crippen LogP) is 2.56. The standard InChI is InChI=1S/C14H15NO3/c1-10-3-8-13(15(10)9-14(16)17)11-4-6-12(18-2)7-5-11/h3-8H,9H2,1-2H3,(H,16,17). The Kier molecular flexibility index (Phi) is 3.37. The smallest absolute Gasteiger partial charge is 0.323 e. The fourth-order valence-electron chi connectivity index (χ4n) is 1.93. The molecule has 0 saturated carbocycles. The van der Waals surface area contributed by atoms with Crippen LogP contribution in [0.2, 0.25) is 0 Å². The summed E-state index contributed by atoms with van der Waals surface area (Å²) in [6, 6.07) is 11.4. The zero-order chi connectivity index (χ0) is 13.1. The molecule has 1 N–H and O–H groups in total. The van der Waals surface area contributed by atoms with Gasteiger partial charge in [0.1, 0.15) is 12.3 Å². The molecule has 2 rings (SSSR count). The Bertz CT molecular complexity index is 555. The maximum atomic E-state index is 10.9. The number of rotatable bonds is 4. The van der Waals surface area contributed by atoms with Gasteiger partial charge in [-0.2, -0.15) is 0 Å². The second-order valence-corrected chi connectivity index (χ2v) is 4.07. The van der Waals surface area contributed by atoms with Gasteiger partial charge in [-0.3, -0.25) is 4.79 Å². The van der Waals surface area contributed by atoms with Crippen molar-refractivity contribution < 1.29 is 14.6 Å². The average Bonchev–Trinajstić information content (AvgIpc) is 2.71. The van der Waals surface area contributed by atoms with Crippen molar-refractivity contribution in [2.75, 3.05) is 7.11 Å². The van der Waals surface area contributed by atoms with Gasteiger partial charge < -0.3 is 14.4 Å². The van der Waals surface area contributed by atoms with Crippen molar-refractivity contribution in [2.45, 2.75) is 13.5 Å². The molecule has 0 atom stereocenters. The minimum atomic E-state index is -0.843. The first-order valence-corrected chi connectivity index (χ1v) is 5.64. The Balaban J connectivity index is 2.40. The number of ether oxygens (including phenoxy) is 1. The Labute approximate surface area is 105 Å². The fraction of sp³-hybridized carbons (Fsp3) is 0.214. The molecule has 0 aliphatic carbocycles. The minimum Gasteiger partial charge on any atom is -0.497 e. The van der Waals surface area contributed by atoms with Gasteiger partial charge in [0.05, 0.1) is 7.11 Å². The predicted molar refractivity (Wildman–Crippen MR) is 68.8 cm³/mol. The molecule has 0 aliphatic heterocycles. The molecule has 4 heteroatoms. The van der Waals surface area contributed by atoms with Crippen molar-refractivity contribution in [3.05, 3.63) is 42.1 Å². The van der Waals surface area contributed by atoms with E-state index >= 15 is 0 Å². The molecule has 1 heterocycles. The number of benzene rings is 1. The van der Waals surface area contributed by atoms with Crippen LogP contribution in [-0.4, -0.2) is 22.8 Å². The molecule has 0 aliphatic rings. The number of carbonyl (C=O) groups is 1. The zero-order valence-electron chi connectivity index (χ0n) is 10.4. The highest BCUT2D eigenvalue weighted by Gasteiger charge is 2.10. The summed E-state index contributed by atoms with van der Waals surface area (Å²) >= 11 is 0. The van der Waals surface area contributed by atoms with Gasteiger partial charge in [0.15, 0.2) is 0 Å². The lowest BCUT2D eigenvalue weighted by atomic mass is 10.1. The first kappa shape index (κ1) is 12.2. The van der Waals surface area contributed by atoms with Crippen LogP contribution < -0.4 is 4.74 Å². The molecule has 2 aromatic rings. The molecular weight excluding hydrogens is 230 g/mol. The van der Waals surface area contributed by atoms with Gasteiger partial charge in [0, 0.05) is 11.4 Å². The number of aromatic nitrogens is 1. The van der Waals surface area contributed by atoms with Crippen LogP contribution in [0.1, 0.15) is 5.69 Å². The Morgan fingerprint density at radius 2 is 1.89 bits per heavy atom. The van der Waals surface area contributed by atoms with E-state index in [-0.39, 0.29) is 6.54 Å². The van der Waals surface area contributed by atoms with Gasteiger partial charge in [-0.1, -0.05) is 0 Å². The van der Waals surface area contributed by atoms with Crippen molar-refractivity contribution in [3.8, 4) is 17.0 Å². The van der Waals surface area contributed by atoms with E-state index in [1.54, 1.807) is 11.7 Å². The number of carboxylic acids is 1. The quantitative estimate of drug-likeness (QED) is 0.900.